The summed E-state index contributed by atoms with van der Waals surface area (Å²) in [5.41, 5.74) is -0.942. The summed E-state index contributed by atoms with van der Waals surface area (Å²) in [5.74, 6) is 0.653. The van der Waals surface area contributed by atoms with Crippen LogP contribution in [0.1, 0.15) is 19.8 Å². The molecule has 8 nitrogen and oxygen atoms in total. The quantitative estimate of drug-likeness (QED) is 0.385. The molecule has 2 aliphatic rings. The van der Waals surface area contributed by atoms with Gasteiger partial charge >= 0.3 is 5.97 Å². The van der Waals surface area contributed by atoms with E-state index in [2.05, 4.69) is 10.3 Å². The lowest BCUT2D eigenvalue weighted by Gasteiger charge is -2.53. The Kier molecular flexibility index (Phi) is 7.94. The van der Waals surface area contributed by atoms with Crippen LogP contribution >= 0.6 is 23.5 Å². The number of hydrogen-bond acceptors (Lipinski definition) is 7. The average molecular weight is 472 g/mol. The number of nitrogens with zero attached hydrogens (tertiary/aromatic N) is 2. The number of amides is 2. The molecule has 2 fully saturated rings. The molecule has 4 atom stereocenters. The largest absolute Gasteiger partial charge is 0.610 e. The second-order valence-electron chi connectivity index (χ2n) is 7.26. The molecule has 0 aliphatic carbocycles. The van der Waals surface area contributed by atoms with Crippen molar-refractivity contribution in [3.63, 3.8) is 0 Å². The minimum Gasteiger partial charge on any atom is -0.610 e. The summed E-state index contributed by atoms with van der Waals surface area (Å²) in [5, 5.41) is 12.7. The van der Waals surface area contributed by atoms with Crippen molar-refractivity contribution in [1.29, 1.82) is 0 Å². The van der Waals surface area contributed by atoms with E-state index in [0.717, 1.165) is 5.75 Å². The summed E-state index contributed by atoms with van der Waals surface area (Å²) in [6.07, 6.45) is 2.18. The molecule has 0 bridgehead atoms. The first kappa shape index (κ1) is 23.2. The first-order valence-corrected chi connectivity index (χ1v) is 13.2. The molecule has 3 rings (SSSR count). The molecule has 30 heavy (non-hydrogen) atoms. The third kappa shape index (κ3) is 5.06. The van der Waals surface area contributed by atoms with Crippen LogP contribution in [-0.4, -0.2) is 78.3 Å². The summed E-state index contributed by atoms with van der Waals surface area (Å²) in [6.45, 7) is 2.16. The van der Waals surface area contributed by atoms with Gasteiger partial charge in [-0.05, 0) is 11.8 Å². The van der Waals surface area contributed by atoms with E-state index >= 15 is 0 Å². The van der Waals surface area contributed by atoms with Crippen molar-refractivity contribution in [2.24, 2.45) is 5.41 Å². The second kappa shape index (κ2) is 10.3. The third-order valence-corrected chi connectivity index (χ3v) is 9.22. The van der Waals surface area contributed by atoms with Crippen molar-refractivity contribution in [3.8, 4) is 0 Å². The van der Waals surface area contributed by atoms with Gasteiger partial charge in [-0.3, -0.25) is 14.4 Å². The molecule has 1 aromatic heterocycles. The van der Waals surface area contributed by atoms with Crippen LogP contribution in [0.5, 0.6) is 0 Å². The highest BCUT2D eigenvalue weighted by atomic mass is 32.2. The molecule has 3 heterocycles. The predicted molar refractivity (Wildman–Crippen MR) is 118 cm³/mol. The summed E-state index contributed by atoms with van der Waals surface area (Å²) in [4.78, 5) is 42.2. The van der Waals surface area contributed by atoms with Crippen LogP contribution in [0, 0.1) is 5.41 Å². The third-order valence-electron chi connectivity index (χ3n) is 5.10. The number of carbonyl (C=O) groups is 3. The van der Waals surface area contributed by atoms with E-state index in [1.54, 1.807) is 41.1 Å². The van der Waals surface area contributed by atoms with Gasteiger partial charge in [0.2, 0.25) is 16.8 Å². The lowest BCUT2D eigenvalue weighted by Crippen LogP contribution is -2.74. The van der Waals surface area contributed by atoms with E-state index in [1.165, 1.54) is 11.8 Å². The number of fused-ring (bicyclic) bond motifs is 1. The van der Waals surface area contributed by atoms with Gasteiger partial charge in [-0.1, -0.05) is 13.0 Å². The van der Waals surface area contributed by atoms with Crippen LogP contribution in [0.2, 0.25) is 0 Å². The van der Waals surface area contributed by atoms with Crippen LogP contribution in [0.3, 0.4) is 0 Å². The number of carboxylic acid groups (broad SMARTS) is 1. The van der Waals surface area contributed by atoms with Gasteiger partial charge in [0.05, 0.1) is 0 Å². The topological polar surface area (TPSA) is 123 Å². The maximum absolute atomic E-state index is 12.5. The molecule has 2 aliphatic heterocycles. The van der Waals surface area contributed by atoms with Gasteiger partial charge < -0.3 is 19.9 Å². The monoisotopic (exact) mass is 471 g/mol. The molecule has 1 aromatic rings. The van der Waals surface area contributed by atoms with Gasteiger partial charge in [-0.2, -0.15) is 11.8 Å². The fraction of sp³-hybridized carbons (Fsp3) is 0.579. The lowest BCUT2D eigenvalue weighted by atomic mass is 9.89. The SMILES string of the molecule is CCSCC1(C(=O)O)CS[C@@H]2C(NC(=O)CCC[S+]([O-])c3ccccn3)C(=O)N2C1. The maximum atomic E-state index is 12.5. The Hall–Kier alpha value is -1.43. The van der Waals surface area contributed by atoms with Gasteiger partial charge in [0.25, 0.3) is 0 Å². The fourth-order valence-electron chi connectivity index (χ4n) is 3.40. The molecule has 2 amide bonds. The Balaban J connectivity index is 1.46. The van der Waals surface area contributed by atoms with Gasteiger partial charge in [0.1, 0.15) is 22.6 Å². The van der Waals surface area contributed by atoms with E-state index in [9.17, 15) is 24.0 Å². The predicted octanol–water partition coefficient (Wildman–Crippen LogP) is 1.19. The zero-order chi connectivity index (χ0) is 21.7. The standard InChI is InChI=1S/C19H25N3O5S3/c1-2-28-11-19(18(25)26)10-22-16(24)15(17(22)29-12-19)21-13(23)6-5-9-30(27)14-7-3-4-8-20-14/h3-4,7-8,15,17H,2,5-6,9-12H2,1H3,(H,21,23)(H,25,26)/t15?,17-,19?,30?/m1/s1. The molecule has 0 aromatic carbocycles. The first-order chi connectivity index (χ1) is 14.4. The number of thioether (sulfide) groups is 2. The van der Waals surface area contributed by atoms with E-state index in [0.29, 0.717) is 28.7 Å². The zero-order valence-corrected chi connectivity index (χ0v) is 19.1. The smallest absolute Gasteiger partial charge is 0.313 e. The van der Waals surface area contributed by atoms with Crippen LogP contribution in [0.4, 0.5) is 0 Å². The molecule has 2 N–H and O–H groups in total. The molecule has 2 saturated heterocycles. The van der Waals surface area contributed by atoms with Crippen molar-refractivity contribution in [3.05, 3.63) is 24.4 Å². The van der Waals surface area contributed by atoms with Gasteiger partial charge in [-0.15, -0.1) is 11.8 Å². The van der Waals surface area contributed by atoms with E-state index in [1.807, 2.05) is 6.92 Å². The average Bonchev–Trinajstić information content (AvgIpc) is 2.76. The van der Waals surface area contributed by atoms with Crippen molar-refractivity contribution in [2.45, 2.75) is 36.2 Å². The Bertz CT molecular complexity index is 784. The minimum atomic E-state index is -1.26. The van der Waals surface area contributed by atoms with Crippen molar-refractivity contribution in [2.75, 3.05) is 29.6 Å². The van der Waals surface area contributed by atoms with Gasteiger partial charge in [0.15, 0.2) is 0 Å². The lowest BCUT2D eigenvalue weighted by molar-refractivity contribution is -0.157. The van der Waals surface area contributed by atoms with Crippen LogP contribution < -0.4 is 5.32 Å². The zero-order valence-electron chi connectivity index (χ0n) is 16.6. The number of carboxylic acids is 1. The second-order valence-corrected chi connectivity index (χ2v) is 11.2. The Morgan fingerprint density at radius 2 is 2.30 bits per heavy atom. The van der Waals surface area contributed by atoms with Gasteiger partial charge in [-0.25, -0.2) is 4.98 Å². The highest BCUT2D eigenvalue weighted by Gasteiger charge is 2.57. The van der Waals surface area contributed by atoms with Crippen molar-refractivity contribution in [1.82, 2.24) is 15.2 Å². The Morgan fingerprint density at radius 1 is 1.50 bits per heavy atom. The number of aliphatic carboxylic acids is 1. The molecule has 164 valence electrons. The van der Waals surface area contributed by atoms with Crippen molar-refractivity contribution >= 4 is 52.5 Å². The van der Waals surface area contributed by atoms with Crippen molar-refractivity contribution < 1.29 is 24.0 Å². The maximum Gasteiger partial charge on any atom is 0.313 e. The highest BCUT2D eigenvalue weighted by Crippen LogP contribution is 2.43. The number of nitrogens with one attached hydrogen (secondary N) is 1. The minimum absolute atomic E-state index is 0.173. The number of β-lactam (4-membered cyclic amide) rings is 1. The number of aromatic nitrogens is 1. The Labute approximate surface area is 187 Å². The fourth-order valence-corrected chi connectivity index (χ4v) is 7.01. The molecule has 11 heteroatoms. The summed E-state index contributed by atoms with van der Waals surface area (Å²) in [6, 6.07) is 4.59. The molecule has 3 unspecified atom stereocenters. The van der Waals surface area contributed by atoms with E-state index in [-0.39, 0.29) is 30.2 Å². The van der Waals surface area contributed by atoms with Crippen LogP contribution in [-0.2, 0) is 25.6 Å². The summed E-state index contributed by atoms with van der Waals surface area (Å²) in [7, 11) is 0. The first-order valence-electron chi connectivity index (χ1n) is 9.70. The number of rotatable bonds is 10. The molecular weight excluding hydrogens is 446 g/mol. The van der Waals surface area contributed by atoms with Crippen LogP contribution in [0.25, 0.3) is 0 Å². The summed E-state index contributed by atoms with van der Waals surface area (Å²) < 4.78 is 12.1. The normalized spacial score (nSPS) is 26.5. The summed E-state index contributed by atoms with van der Waals surface area (Å²) >= 11 is 1.72. The van der Waals surface area contributed by atoms with Crippen LogP contribution in [0.15, 0.2) is 29.4 Å². The van der Waals surface area contributed by atoms with E-state index in [4.69, 9.17) is 0 Å². The number of carbonyl (C=O) groups excluding carboxylic acids is 2. The molecule has 0 saturated carbocycles. The molecule has 0 radical (unpaired) electrons. The van der Waals surface area contributed by atoms with E-state index < -0.39 is 28.6 Å². The number of pyridine rings is 1. The molecule has 0 spiro atoms. The highest BCUT2D eigenvalue weighted by molar-refractivity contribution is 8.00. The van der Waals surface area contributed by atoms with Gasteiger partial charge in [0, 0.05) is 54.3 Å². The number of hydrogen-bond donors (Lipinski definition) is 2. The Morgan fingerprint density at radius 3 is 2.97 bits per heavy atom. The molecular formula is C19H25N3O5S3.